The van der Waals surface area contributed by atoms with E-state index in [9.17, 15) is 14.4 Å². The predicted molar refractivity (Wildman–Crippen MR) is 238 cm³/mol. The number of imidazole rings is 2. The lowest BCUT2D eigenvalue weighted by molar-refractivity contribution is -0.137. The lowest BCUT2D eigenvalue weighted by Gasteiger charge is -2.29. The molecule has 3 amide bonds. The number of amides is 3. The van der Waals surface area contributed by atoms with Gasteiger partial charge in [-0.15, -0.1) is 0 Å². The number of alkyl carbamates (subject to hydrolysis) is 1. The Hall–Kier alpha value is -3.97. The van der Waals surface area contributed by atoms with E-state index in [1.807, 2.05) is 79.2 Å². The molecule has 4 aromatic rings. The highest BCUT2D eigenvalue weighted by Gasteiger charge is 2.38. The average Bonchev–Trinajstić information content (AvgIpc) is 3.94. The van der Waals surface area contributed by atoms with Gasteiger partial charge in [-0.25, -0.2) is 14.8 Å². The number of aromatic nitrogens is 4. The second kappa shape index (κ2) is 20.3. The Bertz CT molecular complexity index is 2020. The van der Waals surface area contributed by atoms with Crippen molar-refractivity contribution in [3.63, 3.8) is 0 Å². The summed E-state index contributed by atoms with van der Waals surface area (Å²) in [5.74, 6) is 8.12. The van der Waals surface area contributed by atoms with Crippen molar-refractivity contribution in [2.75, 3.05) is 20.2 Å². The summed E-state index contributed by atoms with van der Waals surface area (Å²) in [6.45, 7) is 15.3. The van der Waals surface area contributed by atoms with E-state index in [0.717, 1.165) is 63.5 Å². The maximum absolute atomic E-state index is 13.5. The summed E-state index contributed by atoms with van der Waals surface area (Å²) >= 11 is 0. The smallest absolute Gasteiger partial charge is 0.407 e. The minimum Gasteiger partial charge on any atom is -0.453 e. The molecule has 15 heteroatoms. The number of hydrogen-bond acceptors (Lipinski definition) is 6. The molecule has 2 aliphatic heterocycles. The van der Waals surface area contributed by atoms with Crippen LogP contribution in [-0.2, 0) is 14.3 Å². The number of hydrogen-bond donors (Lipinski definition) is 3. The van der Waals surface area contributed by atoms with Crippen LogP contribution in [0.15, 0.2) is 60.8 Å². The Balaban J connectivity index is 0.00000261. The molecule has 0 bridgehead atoms. The Morgan fingerprint density at radius 1 is 0.873 bits per heavy atom. The monoisotopic (exact) mass is 825 g/mol. The number of rotatable bonds is 8. The summed E-state index contributed by atoms with van der Waals surface area (Å²) in [7, 11) is 1.29. The standard InChI is InChI=1S/C40H47N7O4.4H2S/c1-23(2)26(6)38(48)47-22-25(5)19-34(47)36-41-21-32(44-36)29-15-12-27(13-16-29)10-11-28-14-17-30-31(20-28)43-37(42-30)33-9-8-18-46(33)39(49)35(24(3)4)45-40(50)51-7;;;;/h12-17,20-21,23-24,26,33-35H,5,8-9,18-19,22H2,1-4,6-7H3,(H,41,44)(H,42,43)(H,45,50);4*1H2/t26-,33-,34-,35-;;;;/m0..../s1. The first-order chi connectivity index (χ1) is 24.4. The third kappa shape index (κ3) is 10.5. The summed E-state index contributed by atoms with van der Waals surface area (Å²) in [6.07, 6.45) is 3.53. The summed E-state index contributed by atoms with van der Waals surface area (Å²) in [5, 5.41) is 2.69. The number of likely N-dealkylation sites (tertiary alicyclic amines) is 2. The van der Waals surface area contributed by atoms with Crippen molar-refractivity contribution in [1.29, 1.82) is 0 Å². The first kappa shape index (κ1) is 47.2. The number of benzene rings is 2. The van der Waals surface area contributed by atoms with E-state index in [1.165, 1.54) is 7.11 Å². The van der Waals surface area contributed by atoms with Crippen LogP contribution in [0.1, 0.15) is 88.7 Å². The Kier molecular flexibility index (Phi) is 17.4. The number of fused-ring (bicyclic) bond motifs is 1. The van der Waals surface area contributed by atoms with Crippen molar-refractivity contribution in [2.24, 2.45) is 17.8 Å². The summed E-state index contributed by atoms with van der Waals surface area (Å²) in [6, 6.07) is 12.8. The normalized spacial score (nSPS) is 17.3. The van der Waals surface area contributed by atoms with E-state index in [0.29, 0.717) is 19.5 Å². The van der Waals surface area contributed by atoms with Gasteiger partial charge >= 0.3 is 6.09 Å². The molecular formula is C40H55N7O4S4. The van der Waals surface area contributed by atoms with Crippen molar-refractivity contribution in [1.82, 2.24) is 35.1 Å². The molecule has 0 saturated carbocycles. The second-order valence-electron chi connectivity index (χ2n) is 14.4. The molecule has 2 fully saturated rings. The molecule has 6 rings (SSSR count). The van der Waals surface area contributed by atoms with Crippen LogP contribution in [0.4, 0.5) is 4.79 Å². The highest BCUT2D eigenvalue weighted by atomic mass is 32.1. The largest absolute Gasteiger partial charge is 0.453 e. The van der Waals surface area contributed by atoms with Crippen LogP contribution in [0.3, 0.4) is 0 Å². The molecule has 2 aliphatic rings. The molecule has 0 radical (unpaired) electrons. The van der Waals surface area contributed by atoms with E-state index in [2.05, 4.69) is 52.5 Å². The zero-order valence-electron chi connectivity index (χ0n) is 32.2. The minimum absolute atomic E-state index is 0. The molecule has 0 aliphatic carbocycles. The van der Waals surface area contributed by atoms with Gasteiger partial charge in [0.25, 0.3) is 0 Å². The van der Waals surface area contributed by atoms with Gasteiger partial charge < -0.3 is 29.8 Å². The molecule has 4 heterocycles. The van der Waals surface area contributed by atoms with E-state index in [-0.39, 0.29) is 95.6 Å². The van der Waals surface area contributed by atoms with Crippen molar-refractivity contribution < 1.29 is 19.1 Å². The van der Waals surface area contributed by atoms with Gasteiger partial charge in [-0.3, -0.25) is 9.59 Å². The second-order valence-corrected chi connectivity index (χ2v) is 14.4. The number of ether oxygens (including phenoxy) is 1. The van der Waals surface area contributed by atoms with Crippen LogP contribution >= 0.6 is 54.0 Å². The summed E-state index contributed by atoms with van der Waals surface area (Å²) in [5.41, 5.74) is 6.26. The number of nitrogens with one attached hydrogen (secondary N) is 3. The lowest BCUT2D eigenvalue weighted by atomic mass is 9.96. The highest BCUT2D eigenvalue weighted by Crippen LogP contribution is 2.36. The zero-order chi connectivity index (χ0) is 36.4. The summed E-state index contributed by atoms with van der Waals surface area (Å²) < 4.78 is 4.75. The van der Waals surface area contributed by atoms with Crippen LogP contribution in [0.25, 0.3) is 22.3 Å². The number of H-pyrrole nitrogens is 2. The van der Waals surface area contributed by atoms with Crippen LogP contribution in [-0.4, -0.2) is 73.9 Å². The first-order valence-electron chi connectivity index (χ1n) is 17.7. The quantitative estimate of drug-likeness (QED) is 0.130. The van der Waals surface area contributed by atoms with Gasteiger partial charge in [-0.2, -0.15) is 54.0 Å². The van der Waals surface area contributed by atoms with Crippen molar-refractivity contribution in [2.45, 2.75) is 72.0 Å². The molecule has 2 aromatic carbocycles. The molecule has 3 N–H and O–H groups in total. The van der Waals surface area contributed by atoms with Gasteiger partial charge in [0.05, 0.1) is 42.1 Å². The molecule has 55 heavy (non-hydrogen) atoms. The first-order valence-corrected chi connectivity index (χ1v) is 17.7. The number of methoxy groups -OCH3 is 1. The number of aromatic amines is 2. The third-order valence-electron chi connectivity index (χ3n) is 10.1. The van der Waals surface area contributed by atoms with Crippen molar-refractivity contribution >= 4 is 82.9 Å². The van der Waals surface area contributed by atoms with Crippen LogP contribution < -0.4 is 5.32 Å². The number of carbonyl (C=O) groups excluding carboxylic acids is 3. The molecule has 11 nitrogen and oxygen atoms in total. The van der Waals surface area contributed by atoms with E-state index in [1.54, 1.807) is 0 Å². The van der Waals surface area contributed by atoms with Gasteiger partial charge in [-0.05, 0) is 67.0 Å². The summed E-state index contributed by atoms with van der Waals surface area (Å²) in [4.78, 5) is 58.8. The fourth-order valence-electron chi connectivity index (χ4n) is 6.81. The third-order valence-corrected chi connectivity index (χ3v) is 10.1. The Labute approximate surface area is 352 Å². The fourth-order valence-corrected chi connectivity index (χ4v) is 6.81. The van der Waals surface area contributed by atoms with Gasteiger partial charge in [0, 0.05) is 30.1 Å². The Morgan fingerprint density at radius 3 is 2.20 bits per heavy atom. The molecule has 2 saturated heterocycles. The van der Waals surface area contributed by atoms with Gasteiger partial charge in [0.1, 0.15) is 17.7 Å². The highest BCUT2D eigenvalue weighted by molar-refractivity contribution is 7.59. The molecule has 4 atom stereocenters. The van der Waals surface area contributed by atoms with Gasteiger partial charge in [-0.1, -0.05) is 70.7 Å². The molecule has 0 spiro atoms. The topological polar surface area (TPSA) is 136 Å². The van der Waals surface area contributed by atoms with Gasteiger partial charge in [0.15, 0.2) is 0 Å². The maximum Gasteiger partial charge on any atom is 0.407 e. The van der Waals surface area contributed by atoms with Crippen molar-refractivity contribution in [3.8, 4) is 23.1 Å². The molecular weight excluding hydrogens is 771 g/mol. The maximum atomic E-state index is 13.5. The zero-order valence-corrected chi connectivity index (χ0v) is 36.2. The van der Waals surface area contributed by atoms with Crippen LogP contribution in [0.2, 0.25) is 0 Å². The van der Waals surface area contributed by atoms with E-state index < -0.39 is 12.1 Å². The molecule has 2 aromatic heterocycles. The van der Waals surface area contributed by atoms with E-state index >= 15 is 0 Å². The SMILES string of the molecule is C=C1C[C@@H](c2ncc(-c3ccc(C#Cc4ccc5nc([C@@H]6CCCN6C(=O)[C@@H](NC(=O)OC)C(C)C)[nH]c5c4)cc3)[nH]2)N(C(=O)[C@@H](C)C(C)C)C1.S.S.S.S. The Morgan fingerprint density at radius 2 is 1.55 bits per heavy atom. The number of carbonyl (C=O) groups is 3. The molecule has 298 valence electrons. The lowest BCUT2D eigenvalue weighted by Crippen LogP contribution is -2.51. The number of nitrogens with zero attached hydrogens (tertiary/aromatic N) is 4. The van der Waals surface area contributed by atoms with E-state index in [4.69, 9.17) is 9.72 Å². The van der Waals surface area contributed by atoms with Crippen LogP contribution in [0.5, 0.6) is 0 Å². The van der Waals surface area contributed by atoms with Gasteiger partial charge in [0.2, 0.25) is 11.8 Å². The average molecular weight is 826 g/mol. The predicted octanol–water partition coefficient (Wildman–Crippen LogP) is 6.97. The fraction of sp³-hybridized carbons (Fsp3) is 0.425. The minimum atomic E-state index is -0.686. The van der Waals surface area contributed by atoms with Crippen molar-refractivity contribution in [3.05, 3.63) is 83.6 Å². The molecule has 0 unspecified atom stereocenters. The van der Waals surface area contributed by atoms with Crippen LogP contribution in [0, 0.1) is 29.6 Å².